The fourth-order valence-corrected chi connectivity index (χ4v) is 2.53. The van der Waals surface area contributed by atoms with E-state index in [9.17, 15) is 0 Å². The summed E-state index contributed by atoms with van der Waals surface area (Å²) in [4.78, 5) is 4.30. The number of nitrogens with two attached hydrogens (primary N) is 1. The van der Waals surface area contributed by atoms with E-state index in [1.165, 1.54) is 0 Å². The van der Waals surface area contributed by atoms with E-state index >= 15 is 0 Å². The van der Waals surface area contributed by atoms with Crippen molar-refractivity contribution < 1.29 is 0 Å². The highest BCUT2D eigenvalue weighted by atomic mass is 79.9. The van der Waals surface area contributed by atoms with Crippen LogP contribution in [0.15, 0.2) is 10.7 Å². The van der Waals surface area contributed by atoms with Gasteiger partial charge in [0, 0.05) is 12.1 Å². The lowest BCUT2D eigenvalue weighted by Gasteiger charge is -2.40. The summed E-state index contributed by atoms with van der Waals surface area (Å²) in [5.74, 6) is 5.83. The highest BCUT2D eigenvalue weighted by Gasteiger charge is 2.35. The van der Waals surface area contributed by atoms with Crippen LogP contribution in [0.4, 0.5) is 0 Å². The largest absolute Gasteiger partial charge is 0.308 e. The summed E-state index contributed by atoms with van der Waals surface area (Å²) in [5, 5.41) is 4.46. The Balaban J connectivity index is 3.12. The summed E-state index contributed by atoms with van der Waals surface area (Å²) in [7, 11) is 8.22. The van der Waals surface area contributed by atoms with Crippen LogP contribution in [0.2, 0.25) is 0 Å². The van der Waals surface area contributed by atoms with Gasteiger partial charge in [0.1, 0.15) is 0 Å². The first-order chi connectivity index (χ1) is 9.21. The van der Waals surface area contributed by atoms with E-state index in [0.717, 1.165) is 23.3 Å². The average Bonchev–Trinajstić information content (AvgIpc) is 2.69. The molecule has 1 unspecified atom stereocenters. The monoisotopic (exact) mass is 346 g/mol. The first-order valence-corrected chi connectivity index (χ1v) is 7.50. The van der Waals surface area contributed by atoms with Crippen molar-refractivity contribution in [3.8, 4) is 0 Å². The van der Waals surface area contributed by atoms with Crippen LogP contribution >= 0.6 is 15.9 Å². The predicted molar refractivity (Wildman–Crippen MR) is 86.3 cm³/mol. The maximum absolute atomic E-state index is 5.83. The van der Waals surface area contributed by atoms with Crippen molar-refractivity contribution >= 4 is 15.9 Å². The minimum atomic E-state index is -0.146. The Bertz CT molecular complexity index is 426. The van der Waals surface area contributed by atoms with E-state index in [1.807, 2.05) is 10.9 Å². The third-order valence-electron chi connectivity index (χ3n) is 3.89. The highest BCUT2D eigenvalue weighted by Crippen LogP contribution is 2.33. The van der Waals surface area contributed by atoms with E-state index < -0.39 is 0 Å². The van der Waals surface area contributed by atoms with Gasteiger partial charge in [0.05, 0.1) is 29.0 Å². The van der Waals surface area contributed by atoms with Gasteiger partial charge in [-0.2, -0.15) is 5.10 Å². The summed E-state index contributed by atoms with van der Waals surface area (Å²) >= 11 is 3.60. The minimum absolute atomic E-state index is 0.0310. The second kappa shape index (κ2) is 7.00. The van der Waals surface area contributed by atoms with Crippen molar-refractivity contribution in [2.24, 2.45) is 5.84 Å². The number of hydrazine groups is 1. The number of hydrogen-bond donors (Lipinski definition) is 2. The van der Waals surface area contributed by atoms with Crippen molar-refractivity contribution in [2.75, 3.05) is 34.7 Å². The van der Waals surface area contributed by atoms with Crippen LogP contribution in [0, 0.1) is 0 Å². The number of hydrogen-bond acceptors (Lipinski definition) is 5. The number of likely N-dealkylation sites (N-methyl/N-ethyl adjacent to an activating group) is 2. The third kappa shape index (κ3) is 3.79. The van der Waals surface area contributed by atoms with E-state index in [0.29, 0.717) is 0 Å². The fraction of sp³-hybridized carbons (Fsp3) is 0.769. The van der Waals surface area contributed by atoms with Gasteiger partial charge in [0.2, 0.25) is 0 Å². The Morgan fingerprint density at radius 2 is 2.00 bits per heavy atom. The second-order valence-corrected chi connectivity index (χ2v) is 6.91. The van der Waals surface area contributed by atoms with Gasteiger partial charge in [0.15, 0.2) is 0 Å². The molecule has 0 spiro atoms. The molecule has 3 N–H and O–H groups in total. The van der Waals surface area contributed by atoms with Crippen molar-refractivity contribution in [2.45, 2.75) is 32.0 Å². The topological polar surface area (TPSA) is 62.4 Å². The maximum Gasteiger partial charge on any atom is 0.0818 e. The number of halogens is 1. The van der Waals surface area contributed by atoms with Crippen LogP contribution < -0.4 is 11.3 Å². The van der Waals surface area contributed by atoms with Crippen LogP contribution in [0.3, 0.4) is 0 Å². The molecule has 0 saturated carbocycles. The molecule has 0 aliphatic heterocycles. The number of aromatic nitrogens is 2. The summed E-state index contributed by atoms with van der Waals surface area (Å²) in [6.45, 7) is 6.08. The minimum Gasteiger partial charge on any atom is -0.308 e. The molecule has 0 aliphatic carbocycles. The van der Waals surface area contributed by atoms with E-state index in [4.69, 9.17) is 5.84 Å². The molecule has 0 radical (unpaired) electrons. The molecule has 116 valence electrons. The summed E-state index contributed by atoms with van der Waals surface area (Å²) < 4.78 is 2.99. The quantitative estimate of drug-likeness (QED) is 0.570. The van der Waals surface area contributed by atoms with Crippen LogP contribution in [0.5, 0.6) is 0 Å². The van der Waals surface area contributed by atoms with Gasteiger partial charge >= 0.3 is 0 Å². The first-order valence-electron chi connectivity index (χ1n) is 6.71. The Morgan fingerprint density at radius 1 is 1.40 bits per heavy atom. The lowest BCUT2D eigenvalue weighted by Crippen LogP contribution is -2.52. The van der Waals surface area contributed by atoms with Gasteiger partial charge in [0.25, 0.3) is 0 Å². The van der Waals surface area contributed by atoms with Gasteiger partial charge in [-0.25, -0.2) is 5.43 Å². The zero-order valence-electron chi connectivity index (χ0n) is 13.3. The number of nitrogens with zero attached hydrogens (tertiary/aromatic N) is 4. The van der Waals surface area contributed by atoms with E-state index in [1.54, 1.807) is 0 Å². The van der Waals surface area contributed by atoms with Crippen LogP contribution in [0.25, 0.3) is 0 Å². The Labute approximate surface area is 130 Å². The smallest absolute Gasteiger partial charge is 0.0818 e. The summed E-state index contributed by atoms with van der Waals surface area (Å²) in [5.41, 5.74) is 3.88. The Morgan fingerprint density at radius 3 is 2.45 bits per heavy atom. The normalized spacial score (nSPS) is 14.3. The molecule has 1 atom stereocenters. The fourth-order valence-electron chi connectivity index (χ4n) is 2.01. The van der Waals surface area contributed by atoms with Crippen molar-refractivity contribution in [3.63, 3.8) is 0 Å². The summed E-state index contributed by atoms with van der Waals surface area (Å²) in [6, 6.07) is -0.0310. The van der Waals surface area contributed by atoms with Gasteiger partial charge in [-0.3, -0.25) is 10.5 Å². The third-order valence-corrected chi connectivity index (χ3v) is 4.50. The van der Waals surface area contributed by atoms with Crippen LogP contribution in [-0.4, -0.2) is 59.9 Å². The molecule has 0 bridgehead atoms. The SMILES string of the molecule is CN(C)CCn1ncc(Br)c1C(NN)C(C)(C)N(C)C. The summed E-state index contributed by atoms with van der Waals surface area (Å²) in [6.07, 6.45) is 1.83. The Kier molecular flexibility index (Phi) is 6.15. The van der Waals surface area contributed by atoms with E-state index in [2.05, 4.69) is 78.3 Å². The maximum atomic E-state index is 5.83. The zero-order chi connectivity index (χ0) is 15.5. The van der Waals surface area contributed by atoms with Crippen LogP contribution in [-0.2, 0) is 6.54 Å². The highest BCUT2D eigenvalue weighted by molar-refractivity contribution is 9.10. The standard InChI is InChI=1S/C13H27BrN6/c1-13(2,19(5)6)12(17-15)11-10(14)9-16-20(11)8-7-18(3)4/h9,12,17H,7-8,15H2,1-6H3. The van der Waals surface area contributed by atoms with Crippen LogP contribution in [0.1, 0.15) is 25.6 Å². The van der Waals surface area contributed by atoms with Gasteiger partial charge in [-0.15, -0.1) is 0 Å². The molecule has 0 aliphatic rings. The molecule has 20 heavy (non-hydrogen) atoms. The average molecular weight is 347 g/mol. The molecule has 6 nitrogen and oxygen atoms in total. The zero-order valence-corrected chi connectivity index (χ0v) is 14.9. The molecule has 1 heterocycles. The predicted octanol–water partition coefficient (Wildman–Crippen LogP) is 1.05. The molecular weight excluding hydrogens is 320 g/mol. The van der Waals surface area contributed by atoms with Crippen molar-refractivity contribution in [1.82, 2.24) is 25.0 Å². The second-order valence-electron chi connectivity index (χ2n) is 6.05. The lowest BCUT2D eigenvalue weighted by atomic mass is 9.91. The number of nitrogens with one attached hydrogen (secondary N) is 1. The molecule has 0 aromatic carbocycles. The molecular formula is C13H27BrN6. The van der Waals surface area contributed by atoms with Gasteiger partial charge in [-0.05, 0) is 58.0 Å². The number of rotatable bonds is 7. The molecule has 1 rings (SSSR count). The molecule has 0 saturated heterocycles. The first kappa shape index (κ1) is 17.6. The van der Waals surface area contributed by atoms with Gasteiger partial charge < -0.3 is 9.80 Å². The Hall–Kier alpha value is -0.470. The molecule has 7 heteroatoms. The molecule has 0 amide bonds. The van der Waals surface area contributed by atoms with Crippen molar-refractivity contribution in [1.29, 1.82) is 0 Å². The van der Waals surface area contributed by atoms with Gasteiger partial charge in [-0.1, -0.05) is 0 Å². The molecule has 1 aromatic rings. The van der Waals surface area contributed by atoms with Crippen molar-refractivity contribution in [3.05, 3.63) is 16.4 Å². The molecule has 1 aromatic heterocycles. The molecule has 0 fully saturated rings. The van der Waals surface area contributed by atoms with E-state index in [-0.39, 0.29) is 11.6 Å². The lowest BCUT2D eigenvalue weighted by molar-refractivity contribution is 0.132.